The van der Waals surface area contributed by atoms with Gasteiger partial charge in [-0.25, -0.2) is 23.4 Å². The third-order valence-corrected chi connectivity index (χ3v) is 4.49. The number of hydrogen-bond acceptors (Lipinski definition) is 6. The van der Waals surface area contributed by atoms with Crippen LogP contribution in [0.4, 0.5) is 13.9 Å². The molecule has 132 valence electrons. The molecule has 1 amide bonds. The van der Waals surface area contributed by atoms with Crippen LogP contribution in [-0.2, 0) is 11.2 Å². The van der Waals surface area contributed by atoms with Crippen molar-refractivity contribution >= 4 is 22.4 Å². The molecule has 0 fully saturated rings. The van der Waals surface area contributed by atoms with Crippen molar-refractivity contribution < 1.29 is 13.6 Å². The van der Waals surface area contributed by atoms with E-state index in [4.69, 9.17) is 5.26 Å². The van der Waals surface area contributed by atoms with E-state index in [1.807, 2.05) is 0 Å². The average molecular weight is 374 g/mol. The van der Waals surface area contributed by atoms with Gasteiger partial charge >= 0.3 is 0 Å². The number of benzene rings is 1. The predicted molar refractivity (Wildman–Crippen MR) is 89.4 cm³/mol. The molecule has 2 aromatic heterocycles. The zero-order chi connectivity index (χ0) is 18.7. The average Bonchev–Trinajstić information content (AvgIpc) is 3.27. The summed E-state index contributed by atoms with van der Waals surface area (Å²) in [6, 6.07) is 4.76. The second-order valence-electron chi connectivity index (χ2n) is 5.33. The topological polar surface area (TPSA) is 96.5 Å². The SMILES string of the molecule is CC(C(=O)Nc1ncc(Cc2c(F)cccc2F)s1)n1cnc(C#N)n1. The summed E-state index contributed by atoms with van der Waals surface area (Å²) >= 11 is 1.12. The van der Waals surface area contributed by atoms with Crippen LogP contribution in [0.1, 0.15) is 29.2 Å². The summed E-state index contributed by atoms with van der Waals surface area (Å²) in [6.07, 6.45) is 2.79. The molecule has 2 heterocycles. The van der Waals surface area contributed by atoms with Crippen molar-refractivity contribution in [1.82, 2.24) is 19.7 Å². The number of thiazole rings is 1. The minimum absolute atomic E-state index is 0.0342. The molecule has 0 radical (unpaired) electrons. The number of aromatic nitrogens is 4. The first kappa shape index (κ1) is 17.6. The van der Waals surface area contributed by atoms with Crippen molar-refractivity contribution in [3.8, 4) is 6.07 Å². The van der Waals surface area contributed by atoms with Crippen LogP contribution < -0.4 is 5.32 Å². The zero-order valence-corrected chi connectivity index (χ0v) is 14.3. The summed E-state index contributed by atoms with van der Waals surface area (Å²) in [5.74, 6) is -1.69. The Morgan fingerprint density at radius 1 is 1.38 bits per heavy atom. The molecule has 0 aliphatic rings. The fourth-order valence-electron chi connectivity index (χ4n) is 2.17. The largest absolute Gasteiger partial charge is 0.300 e. The number of anilines is 1. The van der Waals surface area contributed by atoms with Crippen molar-refractivity contribution in [3.05, 3.63) is 58.6 Å². The number of amides is 1. The van der Waals surface area contributed by atoms with Gasteiger partial charge in [0.2, 0.25) is 0 Å². The van der Waals surface area contributed by atoms with Crippen LogP contribution >= 0.6 is 11.3 Å². The summed E-state index contributed by atoms with van der Waals surface area (Å²) in [4.78, 5) is 20.6. The number of nitriles is 1. The van der Waals surface area contributed by atoms with Crippen molar-refractivity contribution in [2.24, 2.45) is 0 Å². The molecule has 0 saturated heterocycles. The Labute approximate surface area is 150 Å². The monoisotopic (exact) mass is 374 g/mol. The van der Waals surface area contributed by atoms with Gasteiger partial charge in [-0.2, -0.15) is 5.26 Å². The fraction of sp³-hybridized carbons (Fsp3) is 0.188. The molecule has 3 aromatic rings. The zero-order valence-electron chi connectivity index (χ0n) is 13.5. The fourth-order valence-corrected chi connectivity index (χ4v) is 2.99. The molecule has 1 unspecified atom stereocenters. The van der Waals surface area contributed by atoms with Gasteiger partial charge in [-0.15, -0.1) is 16.4 Å². The quantitative estimate of drug-likeness (QED) is 0.741. The molecule has 1 atom stereocenters. The first-order chi connectivity index (χ1) is 12.5. The van der Waals surface area contributed by atoms with Gasteiger partial charge < -0.3 is 5.32 Å². The Hall–Kier alpha value is -3.19. The van der Waals surface area contributed by atoms with Gasteiger partial charge in [0.1, 0.15) is 30.1 Å². The maximum Gasteiger partial charge on any atom is 0.252 e. The van der Waals surface area contributed by atoms with E-state index in [1.54, 1.807) is 13.0 Å². The highest BCUT2D eigenvalue weighted by Gasteiger charge is 2.19. The molecule has 7 nitrogen and oxygen atoms in total. The Kier molecular flexibility index (Phi) is 4.99. The van der Waals surface area contributed by atoms with Gasteiger partial charge in [-0.05, 0) is 19.1 Å². The maximum absolute atomic E-state index is 13.7. The lowest BCUT2D eigenvalue weighted by Gasteiger charge is -2.09. The summed E-state index contributed by atoms with van der Waals surface area (Å²) in [5, 5.41) is 15.5. The minimum Gasteiger partial charge on any atom is -0.300 e. The highest BCUT2D eigenvalue weighted by Crippen LogP contribution is 2.24. The lowest BCUT2D eigenvalue weighted by atomic mass is 10.1. The van der Waals surface area contributed by atoms with Crippen molar-refractivity contribution in [2.75, 3.05) is 5.32 Å². The number of carbonyl (C=O) groups excluding carboxylic acids is 1. The second-order valence-corrected chi connectivity index (χ2v) is 6.45. The van der Waals surface area contributed by atoms with E-state index in [0.29, 0.717) is 10.0 Å². The standard InChI is InChI=1S/C16H12F2N6OS/c1-9(24-8-21-14(6-19)23-24)15(25)22-16-20-7-10(26-16)5-11-12(17)3-2-4-13(11)18/h2-4,7-9H,5H2,1H3,(H,20,22,25). The summed E-state index contributed by atoms with van der Waals surface area (Å²) < 4.78 is 28.7. The molecule has 0 aliphatic carbocycles. The van der Waals surface area contributed by atoms with Gasteiger partial charge in [0.05, 0.1) is 0 Å². The molecule has 10 heteroatoms. The van der Waals surface area contributed by atoms with Crippen LogP contribution in [0.25, 0.3) is 0 Å². The van der Waals surface area contributed by atoms with E-state index in [2.05, 4.69) is 20.4 Å². The number of halogens is 2. The molecular formula is C16H12F2N6OS. The van der Waals surface area contributed by atoms with Crippen LogP contribution in [-0.4, -0.2) is 25.7 Å². The normalized spacial score (nSPS) is 11.8. The number of carbonyl (C=O) groups is 1. The maximum atomic E-state index is 13.7. The van der Waals surface area contributed by atoms with Crippen LogP contribution in [0.5, 0.6) is 0 Å². The Morgan fingerprint density at radius 3 is 2.77 bits per heavy atom. The lowest BCUT2D eigenvalue weighted by Crippen LogP contribution is -2.24. The van der Waals surface area contributed by atoms with Crippen molar-refractivity contribution in [2.45, 2.75) is 19.4 Å². The first-order valence-electron chi connectivity index (χ1n) is 7.47. The highest BCUT2D eigenvalue weighted by molar-refractivity contribution is 7.15. The molecule has 0 saturated carbocycles. The number of rotatable bonds is 5. The Balaban J connectivity index is 1.68. The van der Waals surface area contributed by atoms with Gasteiger partial charge in [0.25, 0.3) is 11.7 Å². The molecule has 0 aliphatic heterocycles. The summed E-state index contributed by atoms with van der Waals surface area (Å²) in [7, 11) is 0. The molecular weight excluding hydrogens is 362 g/mol. The smallest absolute Gasteiger partial charge is 0.252 e. The number of hydrogen-bond donors (Lipinski definition) is 1. The first-order valence-corrected chi connectivity index (χ1v) is 8.29. The van der Waals surface area contributed by atoms with E-state index in [0.717, 1.165) is 11.3 Å². The third-order valence-electron chi connectivity index (χ3n) is 3.58. The summed E-state index contributed by atoms with van der Waals surface area (Å²) in [6.45, 7) is 1.59. The van der Waals surface area contributed by atoms with Gasteiger partial charge in [-0.1, -0.05) is 6.07 Å². The molecule has 1 aromatic carbocycles. The van der Waals surface area contributed by atoms with E-state index in [1.165, 1.54) is 35.4 Å². The second kappa shape index (κ2) is 7.37. The van der Waals surface area contributed by atoms with Crippen molar-refractivity contribution in [1.29, 1.82) is 5.26 Å². The highest BCUT2D eigenvalue weighted by atomic mass is 32.1. The minimum atomic E-state index is -0.707. The Bertz CT molecular complexity index is 973. The van der Waals surface area contributed by atoms with Crippen LogP contribution in [0.2, 0.25) is 0 Å². The molecule has 26 heavy (non-hydrogen) atoms. The van der Waals surface area contributed by atoms with Crippen LogP contribution in [0, 0.1) is 23.0 Å². The van der Waals surface area contributed by atoms with E-state index in [9.17, 15) is 13.6 Å². The van der Waals surface area contributed by atoms with Gasteiger partial charge in [0, 0.05) is 23.1 Å². The number of nitrogens with one attached hydrogen (secondary N) is 1. The molecule has 0 bridgehead atoms. The third kappa shape index (κ3) is 3.73. The van der Waals surface area contributed by atoms with Gasteiger partial charge in [0.15, 0.2) is 5.13 Å². The molecule has 3 rings (SSSR count). The van der Waals surface area contributed by atoms with E-state index in [-0.39, 0.29) is 17.8 Å². The predicted octanol–water partition coefficient (Wildman–Crippen LogP) is 2.67. The summed E-state index contributed by atoms with van der Waals surface area (Å²) in [5.41, 5.74) is -0.0472. The molecule has 0 spiro atoms. The van der Waals surface area contributed by atoms with Crippen LogP contribution in [0.15, 0.2) is 30.7 Å². The van der Waals surface area contributed by atoms with E-state index < -0.39 is 23.6 Å². The van der Waals surface area contributed by atoms with Crippen LogP contribution in [0.3, 0.4) is 0 Å². The van der Waals surface area contributed by atoms with E-state index >= 15 is 0 Å². The number of nitrogens with zero attached hydrogens (tertiary/aromatic N) is 5. The van der Waals surface area contributed by atoms with Gasteiger partial charge in [-0.3, -0.25) is 4.79 Å². The lowest BCUT2D eigenvalue weighted by molar-refractivity contribution is -0.119. The molecule has 1 N–H and O–H groups in total. The Morgan fingerprint density at radius 2 is 2.12 bits per heavy atom. The van der Waals surface area contributed by atoms with Crippen molar-refractivity contribution in [3.63, 3.8) is 0 Å².